The van der Waals surface area contributed by atoms with Crippen LogP contribution in [0.4, 0.5) is 10.5 Å². The monoisotopic (exact) mass is 397 g/mol. The first-order chi connectivity index (χ1) is 13.5. The summed E-state index contributed by atoms with van der Waals surface area (Å²) in [5.41, 5.74) is 1.14. The number of likely N-dealkylation sites (N-methyl/N-ethyl adjacent to an activating group) is 1. The molecule has 2 amide bonds. The largest absolute Gasteiger partial charge is 0.336 e. The topological polar surface area (TPSA) is 79.3 Å². The summed E-state index contributed by atoms with van der Waals surface area (Å²) in [4.78, 5) is 32.0. The number of imidazole rings is 1. The molecule has 0 fully saturated rings. The minimum Gasteiger partial charge on any atom is -0.336 e. The van der Waals surface area contributed by atoms with Gasteiger partial charge in [-0.05, 0) is 49.8 Å². The number of carbonyl (C=O) groups is 2. The van der Waals surface area contributed by atoms with E-state index >= 15 is 0 Å². The summed E-state index contributed by atoms with van der Waals surface area (Å²) >= 11 is 1.67. The van der Waals surface area contributed by atoms with Crippen LogP contribution in [-0.2, 0) is 7.05 Å². The van der Waals surface area contributed by atoms with E-state index in [1.807, 2.05) is 25.5 Å². The number of aryl methyl sites for hydroxylation is 1. The van der Waals surface area contributed by atoms with E-state index in [2.05, 4.69) is 26.6 Å². The first-order valence-electron chi connectivity index (χ1n) is 8.82. The fourth-order valence-electron chi connectivity index (χ4n) is 2.80. The van der Waals surface area contributed by atoms with Gasteiger partial charge in [0.15, 0.2) is 5.82 Å². The van der Waals surface area contributed by atoms with Crippen LogP contribution in [0.2, 0.25) is 0 Å². The molecule has 0 saturated heterocycles. The van der Waals surface area contributed by atoms with Crippen LogP contribution in [-0.4, -0.2) is 46.9 Å². The number of rotatable bonds is 7. The minimum atomic E-state index is -0.286. The predicted octanol–water partition coefficient (Wildman–Crippen LogP) is 3.14. The second-order valence-electron chi connectivity index (χ2n) is 6.60. The minimum absolute atomic E-state index is 0.114. The zero-order chi connectivity index (χ0) is 20.1. The smallest absolute Gasteiger partial charge is 0.319 e. The van der Waals surface area contributed by atoms with Crippen LogP contribution >= 0.6 is 11.3 Å². The second kappa shape index (κ2) is 8.81. The number of benzene rings is 1. The van der Waals surface area contributed by atoms with Crippen LogP contribution in [0, 0.1) is 0 Å². The molecule has 8 heteroatoms. The molecule has 0 radical (unpaired) electrons. The van der Waals surface area contributed by atoms with Gasteiger partial charge in [-0.3, -0.25) is 4.79 Å². The first kappa shape index (κ1) is 19.8. The molecule has 1 unspecified atom stereocenters. The Labute approximate surface area is 168 Å². The standard InChI is InChI=1S/C20H23N5O2S/c1-24(2)16(17-5-4-12-28-17)13-22-20(27)23-15-8-6-14(7-9-15)18(26)19-21-10-11-25(19)3/h4-12,16H,13H2,1-3H3,(H2,22,23,27). The molecule has 0 saturated carbocycles. The van der Waals surface area contributed by atoms with E-state index in [0.717, 1.165) is 0 Å². The van der Waals surface area contributed by atoms with Crippen molar-refractivity contribution in [2.75, 3.05) is 26.0 Å². The molecule has 0 aliphatic rings. The summed E-state index contributed by atoms with van der Waals surface area (Å²) < 4.78 is 1.68. The number of thiophene rings is 1. The molecular formula is C20H23N5O2S. The highest BCUT2D eigenvalue weighted by Gasteiger charge is 2.17. The Morgan fingerprint density at radius 3 is 2.54 bits per heavy atom. The van der Waals surface area contributed by atoms with E-state index in [4.69, 9.17) is 0 Å². The van der Waals surface area contributed by atoms with Crippen molar-refractivity contribution in [3.63, 3.8) is 0 Å². The third kappa shape index (κ3) is 4.65. The molecule has 3 rings (SSSR count). The molecule has 1 atom stereocenters. The van der Waals surface area contributed by atoms with Crippen LogP contribution < -0.4 is 10.6 Å². The quantitative estimate of drug-likeness (QED) is 0.601. The lowest BCUT2D eigenvalue weighted by Gasteiger charge is -2.23. The van der Waals surface area contributed by atoms with E-state index in [1.165, 1.54) is 4.88 Å². The van der Waals surface area contributed by atoms with Crippen LogP contribution in [0.15, 0.2) is 54.2 Å². The first-order valence-corrected chi connectivity index (χ1v) is 9.70. The van der Waals surface area contributed by atoms with Crippen LogP contribution in [0.25, 0.3) is 0 Å². The summed E-state index contributed by atoms with van der Waals surface area (Å²) in [5.74, 6) is 0.218. The van der Waals surface area contributed by atoms with Gasteiger partial charge >= 0.3 is 6.03 Å². The van der Waals surface area contributed by atoms with Crippen molar-refractivity contribution in [3.8, 4) is 0 Å². The maximum absolute atomic E-state index is 12.4. The fraction of sp³-hybridized carbons (Fsp3) is 0.250. The molecule has 0 spiro atoms. The van der Waals surface area contributed by atoms with Gasteiger partial charge in [0.25, 0.3) is 0 Å². The van der Waals surface area contributed by atoms with Crippen molar-refractivity contribution in [2.45, 2.75) is 6.04 Å². The highest BCUT2D eigenvalue weighted by Crippen LogP contribution is 2.22. The number of hydrogen-bond donors (Lipinski definition) is 2. The van der Waals surface area contributed by atoms with Crippen LogP contribution in [0.1, 0.15) is 27.1 Å². The van der Waals surface area contributed by atoms with Crippen molar-refractivity contribution in [2.24, 2.45) is 7.05 Å². The number of nitrogens with one attached hydrogen (secondary N) is 2. The van der Waals surface area contributed by atoms with Crippen molar-refractivity contribution in [1.82, 2.24) is 19.8 Å². The number of aromatic nitrogens is 2. The van der Waals surface area contributed by atoms with E-state index in [9.17, 15) is 9.59 Å². The van der Waals surface area contributed by atoms with E-state index in [0.29, 0.717) is 23.6 Å². The summed E-state index contributed by atoms with van der Waals surface area (Å²) in [6.45, 7) is 0.495. The van der Waals surface area contributed by atoms with E-state index < -0.39 is 0 Å². The Kier molecular flexibility index (Phi) is 6.23. The highest BCUT2D eigenvalue weighted by molar-refractivity contribution is 7.10. The van der Waals surface area contributed by atoms with Gasteiger partial charge in [0, 0.05) is 42.1 Å². The van der Waals surface area contributed by atoms with Gasteiger partial charge in [-0.2, -0.15) is 0 Å². The third-order valence-corrected chi connectivity index (χ3v) is 5.35. The van der Waals surface area contributed by atoms with Crippen molar-refractivity contribution in [1.29, 1.82) is 0 Å². The molecule has 0 aliphatic carbocycles. The Hall–Kier alpha value is -2.97. The molecule has 1 aromatic carbocycles. The number of ketones is 1. The highest BCUT2D eigenvalue weighted by atomic mass is 32.1. The van der Waals surface area contributed by atoms with Crippen molar-refractivity contribution in [3.05, 3.63) is 70.4 Å². The molecule has 146 valence electrons. The van der Waals surface area contributed by atoms with Gasteiger partial charge in [-0.15, -0.1) is 11.3 Å². The fourth-order valence-corrected chi connectivity index (χ4v) is 3.72. The molecule has 0 bridgehead atoms. The third-order valence-electron chi connectivity index (χ3n) is 4.38. The molecule has 7 nitrogen and oxygen atoms in total. The van der Waals surface area contributed by atoms with Crippen LogP contribution in [0.3, 0.4) is 0 Å². The van der Waals surface area contributed by atoms with Crippen molar-refractivity contribution >= 4 is 28.8 Å². The molecule has 2 aromatic heterocycles. The molecule has 3 aromatic rings. The molecule has 2 N–H and O–H groups in total. The van der Waals surface area contributed by atoms with Crippen molar-refractivity contribution < 1.29 is 9.59 Å². The van der Waals surface area contributed by atoms with Crippen LogP contribution in [0.5, 0.6) is 0 Å². The van der Waals surface area contributed by atoms with E-state index in [1.54, 1.807) is 59.6 Å². The Morgan fingerprint density at radius 1 is 1.21 bits per heavy atom. The summed E-state index contributed by atoms with van der Waals surface area (Å²) in [7, 11) is 5.75. The predicted molar refractivity (Wildman–Crippen MR) is 111 cm³/mol. The van der Waals surface area contributed by atoms with E-state index in [-0.39, 0.29) is 17.9 Å². The van der Waals surface area contributed by atoms with Gasteiger partial charge in [0.05, 0.1) is 6.04 Å². The second-order valence-corrected chi connectivity index (χ2v) is 7.58. The number of urea groups is 1. The van der Waals surface area contributed by atoms with Gasteiger partial charge in [-0.1, -0.05) is 6.07 Å². The Morgan fingerprint density at radius 2 is 1.96 bits per heavy atom. The number of nitrogens with zero attached hydrogens (tertiary/aromatic N) is 3. The number of hydrogen-bond acceptors (Lipinski definition) is 5. The number of anilines is 1. The summed E-state index contributed by atoms with van der Waals surface area (Å²) in [6.07, 6.45) is 3.31. The average molecular weight is 398 g/mol. The Balaban J connectivity index is 1.57. The normalized spacial score (nSPS) is 12.0. The molecular weight excluding hydrogens is 374 g/mol. The molecule has 2 heterocycles. The summed E-state index contributed by atoms with van der Waals surface area (Å²) in [6, 6.07) is 10.7. The van der Waals surface area contributed by atoms with Gasteiger partial charge in [0.1, 0.15) is 0 Å². The lowest BCUT2D eigenvalue weighted by atomic mass is 10.1. The molecule has 0 aliphatic heterocycles. The Bertz CT molecular complexity index is 932. The van der Waals surface area contributed by atoms with Gasteiger partial charge in [-0.25, -0.2) is 9.78 Å². The van der Waals surface area contributed by atoms with Gasteiger partial charge in [0.2, 0.25) is 5.78 Å². The lowest BCUT2D eigenvalue weighted by Crippen LogP contribution is -2.36. The summed E-state index contributed by atoms with van der Waals surface area (Å²) in [5, 5.41) is 7.73. The SMILES string of the molecule is CN(C)C(CNC(=O)Nc1ccc(C(=O)c2nccn2C)cc1)c1cccs1. The lowest BCUT2D eigenvalue weighted by molar-refractivity contribution is 0.102. The zero-order valence-electron chi connectivity index (χ0n) is 16.0. The average Bonchev–Trinajstić information content (AvgIpc) is 3.33. The number of amides is 2. The maximum Gasteiger partial charge on any atom is 0.319 e. The molecule has 28 heavy (non-hydrogen) atoms. The maximum atomic E-state index is 12.4. The number of carbonyl (C=O) groups excluding carboxylic acids is 2. The van der Waals surface area contributed by atoms with Gasteiger partial charge < -0.3 is 20.1 Å². The zero-order valence-corrected chi connectivity index (χ0v) is 16.9.